The number of aryl methyl sites for hydroxylation is 1. The largest absolute Gasteiger partial charge is 0.493 e. The zero-order valence-electron chi connectivity index (χ0n) is 14.8. The van der Waals surface area contributed by atoms with E-state index in [2.05, 4.69) is 11.9 Å². The molecule has 1 aromatic heterocycles. The number of amides is 1. The summed E-state index contributed by atoms with van der Waals surface area (Å²) in [6.45, 7) is 2.80. The molecular formula is C19H19ClN2O3S. The van der Waals surface area contributed by atoms with Gasteiger partial charge in [0, 0.05) is 6.54 Å². The highest BCUT2D eigenvalue weighted by Crippen LogP contribution is 2.31. The van der Waals surface area contributed by atoms with E-state index in [4.69, 9.17) is 21.1 Å². The molecule has 0 aliphatic heterocycles. The van der Waals surface area contributed by atoms with Gasteiger partial charge in [-0.25, -0.2) is 0 Å². The van der Waals surface area contributed by atoms with E-state index in [0.29, 0.717) is 26.9 Å². The lowest BCUT2D eigenvalue weighted by atomic mass is 10.2. The second-order valence-electron chi connectivity index (χ2n) is 5.58. The van der Waals surface area contributed by atoms with Gasteiger partial charge in [0.2, 0.25) is 0 Å². The van der Waals surface area contributed by atoms with E-state index in [-0.39, 0.29) is 5.91 Å². The van der Waals surface area contributed by atoms with Crippen molar-refractivity contribution < 1.29 is 14.3 Å². The van der Waals surface area contributed by atoms with Crippen molar-refractivity contribution >= 4 is 39.1 Å². The fourth-order valence-electron chi connectivity index (χ4n) is 2.81. The number of carbonyl (C=O) groups excluding carboxylic acids is 1. The lowest BCUT2D eigenvalue weighted by Gasteiger charge is -2.10. The fraction of sp³-hybridized carbons (Fsp3) is 0.263. The van der Waals surface area contributed by atoms with E-state index in [1.807, 2.05) is 22.8 Å². The molecule has 0 spiro atoms. The second kappa shape index (κ2) is 7.93. The van der Waals surface area contributed by atoms with E-state index >= 15 is 0 Å². The maximum atomic E-state index is 12.8. The molecule has 0 aliphatic carbocycles. The minimum absolute atomic E-state index is 0.360. The lowest BCUT2D eigenvalue weighted by Crippen LogP contribution is -2.17. The quantitative estimate of drug-likeness (QED) is 0.643. The number of nitrogens with zero attached hydrogens (tertiary/aromatic N) is 2. The van der Waals surface area contributed by atoms with Crippen molar-refractivity contribution in [1.82, 2.24) is 4.57 Å². The first-order valence-electron chi connectivity index (χ1n) is 8.18. The molecule has 0 aliphatic rings. The van der Waals surface area contributed by atoms with Gasteiger partial charge in [-0.2, -0.15) is 4.99 Å². The summed E-state index contributed by atoms with van der Waals surface area (Å²) in [7, 11) is 3.04. The minimum atomic E-state index is -0.381. The van der Waals surface area contributed by atoms with Crippen molar-refractivity contribution in [3.8, 4) is 11.5 Å². The van der Waals surface area contributed by atoms with Crippen molar-refractivity contribution in [2.75, 3.05) is 14.2 Å². The standard InChI is InChI=1S/C19H19ClN2O3S/c1-4-11-22-16-13(20)8-6-10-15(16)26-19(22)21-18(23)12-7-5-9-14(24-2)17(12)25-3/h5-10H,4,11H2,1-3H3. The number of para-hydroxylation sites is 2. The fourth-order valence-corrected chi connectivity index (χ4v) is 4.22. The molecule has 3 aromatic rings. The Morgan fingerprint density at radius 3 is 2.65 bits per heavy atom. The summed E-state index contributed by atoms with van der Waals surface area (Å²) in [4.78, 5) is 17.8. The zero-order valence-corrected chi connectivity index (χ0v) is 16.4. The van der Waals surface area contributed by atoms with E-state index in [1.54, 1.807) is 18.2 Å². The smallest absolute Gasteiger partial charge is 0.283 e. The van der Waals surface area contributed by atoms with Gasteiger partial charge in [-0.15, -0.1) is 0 Å². The highest BCUT2D eigenvalue weighted by Gasteiger charge is 2.17. The van der Waals surface area contributed by atoms with Crippen LogP contribution in [0.3, 0.4) is 0 Å². The van der Waals surface area contributed by atoms with Crippen molar-refractivity contribution in [3.05, 3.63) is 51.8 Å². The first-order valence-corrected chi connectivity index (χ1v) is 9.38. The Labute approximate surface area is 160 Å². The van der Waals surface area contributed by atoms with E-state index in [0.717, 1.165) is 23.2 Å². The molecule has 0 saturated heterocycles. The lowest BCUT2D eigenvalue weighted by molar-refractivity contribution is 0.0994. The molecule has 5 nitrogen and oxygen atoms in total. The number of hydrogen-bond acceptors (Lipinski definition) is 4. The molecule has 1 amide bonds. The predicted octanol–water partition coefficient (Wildman–Crippen LogP) is 4.52. The molecule has 0 N–H and O–H groups in total. The van der Waals surface area contributed by atoms with Gasteiger partial charge in [0.25, 0.3) is 5.91 Å². The number of benzene rings is 2. The average molecular weight is 391 g/mol. The van der Waals surface area contributed by atoms with Crippen LogP contribution >= 0.6 is 22.9 Å². The number of methoxy groups -OCH3 is 2. The summed E-state index contributed by atoms with van der Waals surface area (Å²) < 4.78 is 13.6. The molecule has 1 heterocycles. The SMILES string of the molecule is CCCn1c(=NC(=O)c2cccc(OC)c2OC)sc2cccc(Cl)c21. The number of carbonyl (C=O) groups is 1. The number of halogens is 1. The number of thiazole rings is 1. The summed E-state index contributed by atoms with van der Waals surface area (Å²) in [5.74, 6) is 0.493. The maximum absolute atomic E-state index is 12.8. The van der Waals surface area contributed by atoms with Gasteiger partial charge in [-0.05, 0) is 30.7 Å². The number of fused-ring (bicyclic) bond motifs is 1. The molecule has 0 unspecified atom stereocenters. The van der Waals surface area contributed by atoms with Crippen LogP contribution in [0.5, 0.6) is 11.5 Å². The summed E-state index contributed by atoms with van der Waals surface area (Å²) in [5.41, 5.74) is 1.27. The Hall–Kier alpha value is -2.31. The van der Waals surface area contributed by atoms with Crippen LogP contribution in [-0.4, -0.2) is 24.7 Å². The zero-order chi connectivity index (χ0) is 18.7. The Balaban J connectivity index is 2.18. The van der Waals surface area contributed by atoms with Crippen molar-refractivity contribution in [3.63, 3.8) is 0 Å². The second-order valence-corrected chi connectivity index (χ2v) is 7.00. The van der Waals surface area contributed by atoms with Gasteiger partial charge >= 0.3 is 0 Å². The third-order valence-electron chi connectivity index (χ3n) is 3.93. The van der Waals surface area contributed by atoms with Crippen molar-refractivity contribution in [2.24, 2.45) is 4.99 Å². The molecule has 0 saturated carbocycles. The summed E-state index contributed by atoms with van der Waals surface area (Å²) >= 11 is 7.82. The topological polar surface area (TPSA) is 52.8 Å². The molecule has 3 rings (SSSR count). The van der Waals surface area contributed by atoms with Crippen LogP contribution in [0.25, 0.3) is 10.2 Å². The first-order chi connectivity index (χ1) is 12.6. The van der Waals surface area contributed by atoms with Crippen LogP contribution in [0.15, 0.2) is 41.4 Å². The molecule has 0 atom stereocenters. The summed E-state index contributed by atoms with van der Waals surface area (Å²) in [6.07, 6.45) is 0.904. The van der Waals surface area contributed by atoms with Gasteiger partial charge in [0.05, 0.1) is 35.0 Å². The van der Waals surface area contributed by atoms with Gasteiger partial charge in [-0.1, -0.05) is 42.0 Å². The van der Waals surface area contributed by atoms with E-state index in [9.17, 15) is 4.79 Å². The third-order valence-corrected chi connectivity index (χ3v) is 5.28. The molecule has 7 heteroatoms. The molecule has 0 radical (unpaired) electrons. The number of ether oxygens (including phenoxy) is 2. The first kappa shape index (κ1) is 18.5. The maximum Gasteiger partial charge on any atom is 0.283 e. The monoisotopic (exact) mass is 390 g/mol. The molecule has 0 fully saturated rings. The Morgan fingerprint density at radius 1 is 1.19 bits per heavy atom. The van der Waals surface area contributed by atoms with Gasteiger partial charge in [0.1, 0.15) is 0 Å². The van der Waals surface area contributed by atoms with Gasteiger partial charge in [-0.3, -0.25) is 4.79 Å². The van der Waals surface area contributed by atoms with Crippen LogP contribution in [0, 0.1) is 0 Å². The number of rotatable bonds is 5. The van der Waals surface area contributed by atoms with Crippen LogP contribution in [0.2, 0.25) is 5.02 Å². The average Bonchev–Trinajstić information content (AvgIpc) is 2.99. The molecule has 0 bridgehead atoms. The van der Waals surface area contributed by atoms with Crippen LogP contribution in [-0.2, 0) is 6.54 Å². The Morgan fingerprint density at radius 2 is 1.96 bits per heavy atom. The van der Waals surface area contributed by atoms with E-state index < -0.39 is 0 Å². The number of aromatic nitrogens is 1. The number of hydrogen-bond donors (Lipinski definition) is 0. The van der Waals surface area contributed by atoms with Crippen molar-refractivity contribution in [1.29, 1.82) is 0 Å². The van der Waals surface area contributed by atoms with Crippen LogP contribution in [0.1, 0.15) is 23.7 Å². The normalized spacial score (nSPS) is 11.8. The summed E-state index contributed by atoms with van der Waals surface area (Å²) in [5, 5.41) is 0.653. The predicted molar refractivity (Wildman–Crippen MR) is 105 cm³/mol. The molecular weight excluding hydrogens is 372 g/mol. The molecule has 136 valence electrons. The summed E-state index contributed by atoms with van der Waals surface area (Å²) in [6, 6.07) is 10.9. The Bertz CT molecular complexity index is 1020. The van der Waals surface area contributed by atoms with Gasteiger partial charge in [0.15, 0.2) is 16.3 Å². The highest BCUT2D eigenvalue weighted by molar-refractivity contribution is 7.16. The van der Waals surface area contributed by atoms with E-state index in [1.165, 1.54) is 25.6 Å². The highest BCUT2D eigenvalue weighted by atomic mass is 35.5. The van der Waals surface area contributed by atoms with Crippen LogP contribution in [0.4, 0.5) is 0 Å². The molecule has 26 heavy (non-hydrogen) atoms. The minimum Gasteiger partial charge on any atom is -0.493 e. The Kier molecular flexibility index (Phi) is 5.64. The molecule has 2 aromatic carbocycles. The third kappa shape index (κ3) is 3.34. The van der Waals surface area contributed by atoms with Gasteiger partial charge < -0.3 is 14.0 Å². The van der Waals surface area contributed by atoms with Crippen molar-refractivity contribution in [2.45, 2.75) is 19.9 Å². The van der Waals surface area contributed by atoms with Crippen LogP contribution < -0.4 is 14.3 Å².